The van der Waals surface area contributed by atoms with Gasteiger partial charge in [0.15, 0.2) is 0 Å². The maximum Gasteiger partial charge on any atom is 0.0900 e. The lowest BCUT2D eigenvalue weighted by Gasteiger charge is -2.33. The van der Waals surface area contributed by atoms with Crippen molar-refractivity contribution >= 4 is 11.6 Å². The molecular formula is C17H26ClNO3. The molecule has 5 heteroatoms. The molecule has 0 saturated carbocycles. The molecule has 1 fully saturated rings. The van der Waals surface area contributed by atoms with Crippen LogP contribution in [0.1, 0.15) is 18.4 Å². The maximum absolute atomic E-state index is 10.1. The molecule has 1 aliphatic rings. The van der Waals surface area contributed by atoms with Gasteiger partial charge in [0, 0.05) is 25.2 Å². The number of rotatable bonds is 8. The van der Waals surface area contributed by atoms with Crippen molar-refractivity contribution in [1.82, 2.24) is 4.90 Å². The van der Waals surface area contributed by atoms with Gasteiger partial charge in [0.1, 0.15) is 0 Å². The van der Waals surface area contributed by atoms with Crippen LogP contribution in [-0.4, -0.2) is 56.1 Å². The highest BCUT2D eigenvalue weighted by molar-refractivity contribution is 6.30. The fourth-order valence-corrected chi connectivity index (χ4v) is 3.06. The van der Waals surface area contributed by atoms with Gasteiger partial charge in [-0.05, 0) is 43.0 Å². The van der Waals surface area contributed by atoms with Gasteiger partial charge in [-0.3, -0.25) is 0 Å². The second kappa shape index (κ2) is 9.48. The van der Waals surface area contributed by atoms with Crippen LogP contribution in [0, 0.1) is 5.92 Å². The van der Waals surface area contributed by atoms with E-state index in [-0.39, 0.29) is 0 Å². The van der Waals surface area contributed by atoms with Gasteiger partial charge in [-0.25, -0.2) is 0 Å². The predicted molar refractivity (Wildman–Crippen MR) is 88.2 cm³/mol. The summed E-state index contributed by atoms with van der Waals surface area (Å²) in [6.07, 6.45) is 1.94. The van der Waals surface area contributed by atoms with E-state index in [4.69, 9.17) is 21.1 Å². The molecule has 1 aromatic rings. The third kappa shape index (κ3) is 6.23. The zero-order chi connectivity index (χ0) is 15.8. The lowest BCUT2D eigenvalue weighted by molar-refractivity contribution is -0.00158. The second-order valence-corrected chi connectivity index (χ2v) is 6.46. The SMILES string of the molecule is COCC1CCCN(CC(O)COCc2ccc(Cl)cc2)C1. The minimum absolute atomic E-state index is 0.355. The summed E-state index contributed by atoms with van der Waals surface area (Å²) >= 11 is 5.84. The van der Waals surface area contributed by atoms with Crippen molar-refractivity contribution in [2.45, 2.75) is 25.6 Å². The van der Waals surface area contributed by atoms with Crippen LogP contribution < -0.4 is 0 Å². The molecule has 0 aromatic heterocycles. The highest BCUT2D eigenvalue weighted by atomic mass is 35.5. The number of nitrogens with zero attached hydrogens (tertiary/aromatic N) is 1. The first-order valence-electron chi connectivity index (χ1n) is 7.89. The Kier molecular flexibility index (Phi) is 7.63. The highest BCUT2D eigenvalue weighted by Gasteiger charge is 2.21. The standard InChI is InChI=1S/C17H26ClNO3/c1-21-11-15-3-2-8-19(9-15)10-17(20)13-22-12-14-4-6-16(18)7-5-14/h4-7,15,17,20H,2-3,8-13H2,1H3. The monoisotopic (exact) mass is 327 g/mol. The Labute approximate surface area is 138 Å². The van der Waals surface area contributed by atoms with Crippen molar-refractivity contribution in [2.24, 2.45) is 5.92 Å². The van der Waals surface area contributed by atoms with Gasteiger partial charge in [0.05, 0.1) is 25.9 Å². The molecule has 2 atom stereocenters. The minimum Gasteiger partial charge on any atom is -0.389 e. The van der Waals surface area contributed by atoms with Crippen molar-refractivity contribution in [1.29, 1.82) is 0 Å². The van der Waals surface area contributed by atoms with Crippen LogP contribution in [-0.2, 0) is 16.1 Å². The van der Waals surface area contributed by atoms with Crippen LogP contribution in [0.2, 0.25) is 5.02 Å². The van der Waals surface area contributed by atoms with Crippen LogP contribution >= 0.6 is 11.6 Å². The highest BCUT2D eigenvalue weighted by Crippen LogP contribution is 2.17. The summed E-state index contributed by atoms with van der Waals surface area (Å²) < 4.78 is 10.8. The number of methoxy groups -OCH3 is 1. The van der Waals surface area contributed by atoms with Crippen LogP contribution in [0.5, 0.6) is 0 Å². The largest absolute Gasteiger partial charge is 0.389 e. The molecule has 22 heavy (non-hydrogen) atoms. The number of hydrogen-bond donors (Lipinski definition) is 1. The summed E-state index contributed by atoms with van der Waals surface area (Å²) in [7, 11) is 1.75. The summed E-state index contributed by atoms with van der Waals surface area (Å²) in [6, 6.07) is 7.57. The Hall–Kier alpha value is -0.650. The molecular weight excluding hydrogens is 302 g/mol. The molecule has 0 radical (unpaired) electrons. The van der Waals surface area contributed by atoms with Gasteiger partial charge in [0.25, 0.3) is 0 Å². The average molecular weight is 328 g/mol. The molecule has 1 heterocycles. The minimum atomic E-state index is -0.450. The molecule has 4 nitrogen and oxygen atoms in total. The molecule has 1 N–H and O–H groups in total. The number of likely N-dealkylation sites (tertiary alicyclic amines) is 1. The van der Waals surface area contributed by atoms with Crippen molar-refractivity contribution < 1.29 is 14.6 Å². The lowest BCUT2D eigenvalue weighted by Crippen LogP contribution is -2.42. The third-order valence-electron chi connectivity index (χ3n) is 3.97. The summed E-state index contributed by atoms with van der Waals surface area (Å²) in [5.74, 6) is 0.584. The average Bonchev–Trinajstić information content (AvgIpc) is 2.50. The van der Waals surface area contributed by atoms with Gasteiger partial charge < -0.3 is 19.5 Å². The molecule has 0 aliphatic carbocycles. The van der Waals surface area contributed by atoms with Crippen molar-refractivity contribution in [3.05, 3.63) is 34.9 Å². The molecule has 0 spiro atoms. The van der Waals surface area contributed by atoms with Gasteiger partial charge in [0.2, 0.25) is 0 Å². The van der Waals surface area contributed by atoms with E-state index < -0.39 is 6.10 Å². The van der Waals surface area contributed by atoms with Gasteiger partial charge >= 0.3 is 0 Å². The molecule has 2 rings (SSSR count). The number of halogens is 1. The molecule has 1 aromatic carbocycles. The zero-order valence-electron chi connectivity index (χ0n) is 13.2. The lowest BCUT2D eigenvalue weighted by atomic mass is 9.99. The number of aliphatic hydroxyl groups excluding tert-OH is 1. The summed E-state index contributed by atoms with van der Waals surface area (Å²) in [5, 5.41) is 10.8. The van der Waals surface area contributed by atoms with E-state index in [9.17, 15) is 5.11 Å². The van der Waals surface area contributed by atoms with E-state index in [1.807, 2.05) is 24.3 Å². The number of hydrogen-bond acceptors (Lipinski definition) is 4. The van der Waals surface area contributed by atoms with E-state index in [2.05, 4.69) is 4.90 Å². The zero-order valence-corrected chi connectivity index (χ0v) is 14.0. The number of β-amino-alcohol motifs (C(OH)–C–C–N with tert-alkyl or cyclic N) is 1. The van der Waals surface area contributed by atoms with E-state index in [1.165, 1.54) is 12.8 Å². The van der Waals surface area contributed by atoms with E-state index >= 15 is 0 Å². The first-order chi connectivity index (χ1) is 10.7. The molecule has 124 valence electrons. The fourth-order valence-electron chi connectivity index (χ4n) is 2.93. The predicted octanol–water partition coefficient (Wildman–Crippen LogP) is 2.58. The maximum atomic E-state index is 10.1. The first-order valence-corrected chi connectivity index (χ1v) is 8.26. The Morgan fingerprint density at radius 1 is 1.36 bits per heavy atom. The number of piperidine rings is 1. The third-order valence-corrected chi connectivity index (χ3v) is 4.22. The normalized spacial score (nSPS) is 21.0. The van der Waals surface area contributed by atoms with Crippen molar-refractivity contribution in [3.8, 4) is 0 Å². The van der Waals surface area contributed by atoms with E-state index in [0.29, 0.717) is 25.7 Å². The Balaban J connectivity index is 1.64. The molecule has 2 unspecified atom stereocenters. The Morgan fingerprint density at radius 2 is 2.14 bits per heavy atom. The summed E-state index contributed by atoms with van der Waals surface area (Å²) in [6.45, 7) is 4.38. The second-order valence-electron chi connectivity index (χ2n) is 6.02. The van der Waals surface area contributed by atoms with E-state index in [0.717, 1.165) is 30.3 Å². The van der Waals surface area contributed by atoms with Crippen LogP contribution in [0.15, 0.2) is 24.3 Å². The van der Waals surface area contributed by atoms with Crippen molar-refractivity contribution in [3.63, 3.8) is 0 Å². The quantitative estimate of drug-likeness (QED) is 0.797. The van der Waals surface area contributed by atoms with Gasteiger partial charge in [-0.15, -0.1) is 0 Å². The fraction of sp³-hybridized carbons (Fsp3) is 0.647. The molecule has 1 aliphatic heterocycles. The number of ether oxygens (including phenoxy) is 2. The topological polar surface area (TPSA) is 41.9 Å². The van der Waals surface area contributed by atoms with Crippen LogP contribution in [0.3, 0.4) is 0 Å². The molecule has 1 saturated heterocycles. The number of aliphatic hydroxyl groups is 1. The number of benzene rings is 1. The first kappa shape index (κ1) is 17.7. The molecule has 0 bridgehead atoms. The van der Waals surface area contributed by atoms with Crippen LogP contribution in [0.4, 0.5) is 0 Å². The Bertz CT molecular complexity index is 424. The van der Waals surface area contributed by atoms with E-state index in [1.54, 1.807) is 7.11 Å². The Morgan fingerprint density at radius 3 is 2.86 bits per heavy atom. The summed E-state index contributed by atoms with van der Waals surface area (Å²) in [5.41, 5.74) is 1.06. The van der Waals surface area contributed by atoms with Crippen LogP contribution in [0.25, 0.3) is 0 Å². The van der Waals surface area contributed by atoms with Crippen molar-refractivity contribution in [2.75, 3.05) is 40.0 Å². The van der Waals surface area contributed by atoms with Gasteiger partial charge in [-0.2, -0.15) is 0 Å². The summed E-state index contributed by atoms with van der Waals surface area (Å²) in [4.78, 5) is 2.31. The van der Waals surface area contributed by atoms with Gasteiger partial charge in [-0.1, -0.05) is 23.7 Å². The molecule has 0 amide bonds. The smallest absolute Gasteiger partial charge is 0.0900 e.